The Morgan fingerprint density at radius 1 is 1.31 bits per heavy atom. The van der Waals surface area contributed by atoms with Crippen LogP contribution in [0.5, 0.6) is 0 Å². The highest BCUT2D eigenvalue weighted by Gasteiger charge is 2.20. The van der Waals surface area contributed by atoms with Crippen molar-refractivity contribution in [1.29, 1.82) is 0 Å². The van der Waals surface area contributed by atoms with E-state index in [1.807, 2.05) is 0 Å². The van der Waals surface area contributed by atoms with Gasteiger partial charge in [-0.1, -0.05) is 0 Å². The van der Waals surface area contributed by atoms with E-state index in [-0.39, 0.29) is 5.91 Å². The minimum Gasteiger partial charge on any atom is -0.479 e. The monoisotopic (exact) mass is 233 g/mol. The molecule has 0 aromatic rings. The van der Waals surface area contributed by atoms with Crippen molar-refractivity contribution in [2.24, 2.45) is 0 Å². The number of amides is 1. The fourth-order valence-electron chi connectivity index (χ4n) is 0.998. The van der Waals surface area contributed by atoms with Gasteiger partial charge in [-0.25, -0.2) is 4.79 Å². The molecular weight excluding hydrogens is 214 g/mol. The van der Waals surface area contributed by atoms with Crippen molar-refractivity contribution < 1.29 is 24.2 Å². The second-order valence-electron chi connectivity index (χ2n) is 3.40. The van der Waals surface area contributed by atoms with E-state index in [1.165, 1.54) is 13.8 Å². The predicted octanol–water partition coefficient (Wildman–Crippen LogP) is 0.0173. The lowest BCUT2D eigenvalue weighted by Gasteiger charge is -2.15. The molecule has 0 fully saturated rings. The summed E-state index contributed by atoms with van der Waals surface area (Å²) in [6, 6.07) is 0. The standard InChI is InChI=1S/C10H19NO5/c1-7(16-8(2)10(13)14)9(12)11-5-4-6-15-3/h7-8H,4-6H2,1-3H3,(H,11,12)(H,13,14)/t7?,8-/m1/s1. The first kappa shape index (κ1) is 14.9. The second-order valence-corrected chi connectivity index (χ2v) is 3.40. The molecule has 2 N–H and O–H groups in total. The van der Waals surface area contributed by atoms with Gasteiger partial charge in [0.2, 0.25) is 5.91 Å². The van der Waals surface area contributed by atoms with Crippen molar-refractivity contribution in [3.05, 3.63) is 0 Å². The van der Waals surface area contributed by atoms with Crippen molar-refractivity contribution in [1.82, 2.24) is 5.32 Å². The van der Waals surface area contributed by atoms with Crippen LogP contribution in [-0.4, -0.2) is 49.5 Å². The Labute approximate surface area is 94.9 Å². The van der Waals surface area contributed by atoms with Crippen LogP contribution in [0.4, 0.5) is 0 Å². The minimum absolute atomic E-state index is 0.316. The predicted molar refractivity (Wildman–Crippen MR) is 57.1 cm³/mol. The molecule has 0 aliphatic rings. The molecule has 0 radical (unpaired) electrons. The molecule has 6 heteroatoms. The number of nitrogens with one attached hydrogen (secondary N) is 1. The van der Waals surface area contributed by atoms with Crippen LogP contribution in [0.2, 0.25) is 0 Å². The van der Waals surface area contributed by atoms with Gasteiger partial charge in [0, 0.05) is 20.3 Å². The number of methoxy groups -OCH3 is 1. The van der Waals surface area contributed by atoms with Crippen LogP contribution >= 0.6 is 0 Å². The van der Waals surface area contributed by atoms with Crippen molar-refractivity contribution in [2.45, 2.75) is 32.5 Å². The molecule has 1 unspecified atom stereocenters. The van der Waals surface area contributed by atoms with E-state index in [0.717, 1.165) is 0 Å². The van der Waals surface area contributed by atoms with E-state index in [1.54, 1.807) is 7.11 Å². The Kier molecular flexibility index (Phi) is 7.49. The highest BCUT2D eigenvalue weighted by atomic mass is 16.5. The Bertz CT molecular complexity index is 231. The minimum atomic E-state index is -1.08. The highest BCUT2D eigenvalue weighted by molar-refractivity contribution is 5.81. The molecule has 1 amide bonds. The van der Waals surface area contributed by atoms with Gasteiger partial charge >= 0.3 is 5.97 Å². The molecule has 0 bridgehead atoms. The first-order chi connectivity index (χ1) is 7.49. The number of ether oxygens (including phenoxy) is 2. The quantitative estimate of drug-likeness (QED) is 0.577. The van der Waals surface area contributed by atoms with E-state index >= 15 is 0 Å². The van der Waals surface area contributed by atoms with Crippen LogP contribution in [0.3, 0.4) is 0 Å². The highest BCUT2D eigenvalue weighted by Crippen LogP contribution is 1.98. The molecule has 94 valence electrons. The van der Waals surface area contributed by atoms with Crippen molar-refractivity contribution in [2.75, 3.05) is 20.3 Å². The average Bonchev–Trinajstić information content (AvgIpc) is 2.23. The maximum Gasteiger partial charge on any atom is 0.332 e. The van der Waals surface area contributed by atoms with Gasteiger partial charge in [-0.15, -0.1) is 0 Å². The van der Waals surface area contributed by atoms with Gasteiger partial charge in [0.05, 0.1) is 0 Å². The lowest BCUT2D eigenvalue weighted by Crippen LogP contribution is -2.38. The summed E-state index contributed by atoms with van der Waals surface area (Å²) in [7, 11) is 1.59. The fourth-order valence-corrected chi connectivity index (χ4v) is 0.998. The molecule has 16 heavy (non-hydrogen) atoms. The summed E-state index contributed by atoms with van der Waals surface area (Å²) in [5, 5.41) is 11.2. The summed E-state index contributed by atoms with van der Waals surface area (Å²) in [4.78, 5) is 21.9. The summed E-state index contributed by atoms with van der Waals surface area (Å²) in [5.74, 6) is -1.40. The molecule has 0 rings (SSSR count). The van der Waals surface area contributed by atoms with Crippen LogP contribution in [-0.2, 0) is 19.1 Å². The Balaban J connectivity index is 3.77. The molecule has 0 saturated heterocycles. The van der Waals surface area contributed by atoms with E-state index in [9.17, 15) is 9.59 Å². The Morgan fingerprint density at radius 3 is 2.44 bits per heavy atom. The van der Waals surface area contributed by atoms with E-state index < -0.39 is 18.2 Å². The lowest BCUT2D eigenvalue weighted by molar-refractivity contribution is -0.155. The zero-order chi connectivity index (χ0) is 12.6. The fraction of sp³-hybridized carbons (Fsp3) is 0.800. The molecular formula is C10H19NO5. The van der Waals surface area contributed by atoms with Gasteiger partial charge in [-0.2, -0.15) is 0 Å². The van der Waals surface area contributed by atoms with Gasteiger partial charge in [0.15, 0.2) is 6.10 Å². The molecule has 2 atom stereocenters. The summed E-state index contributed by atoms with van der Waals surface area (Å²) >= 11 is 0. The van der Waals surface area contributed by atoms with E-state index in [0.29, 0.717) is 19.6 Å². The second kappa shape index (κ2) is 8.06. The third-order valence-corrected chi connectivity index (χ3v) is 1.95. The van der Waals surface area contributed by atoms with Crippen LogP contribution < -0.4 is 5.32 Å². The number of hydrogen-bond donors (Lipinski definition) is 2. The molecule has 0 heterocycles. The maximum absolute atomic E-state index is 11.4. The molecule has 0 aromatic heterocycles. The number of carboxylic acid groups (broad SMARTS) is 1. The van der Waals surface area contributed by atoms with Gasteiger partial charge in [-0.3, -0.25) is 4.79 Å². The zero-order valence-electron chi connectivity index (χ0n) is 9.86. The first-order valence-corrected chi connectivity index (χ1v) is 5.14. The molecule has 6 nitrogen and oxygen atoms in total. The number of hydrogen-bond acceptors (Lipinski definition) is 4. The zero-order valence-corrected chi connectivity index (χ0v) is 9.86. The van der Waals surface area contributed by atoms with Crippen molar-refractivity contribution in [3.63, 3.8) is 0 Å². The van der Waals surface area contributed by atoms with Crippen molar-refractivity contribution in [3.8, 4) is 0 Å². The molecule has 0 saturated carbocycles. The van der Waals surface area contributed by atoms with Gasteiger partial charge in [0.1, 0.15) is 6.10 Å². The summed E-state index contributed by atoms with van der Waals surface area (Å²) in [6.07, 6.45) is -1.04. The largest absolute Gasteiger partial charge is 0.479 e. The summed E-state index contributed by atoms with van der Waals surface area (Å²) < 4.78 is 9.81. The van der Waals surface area contributed by atoms with Gasteiger partial charge in [0.25, 0.3) is 0 Å². The van der Waals surface area contributed by atoms with E-state index in [4.69, 9.17) is 14.6 Å². The third kappa shape index (κ3) is 6.36. The summed E-state index contributed by atoms with van der Waals surface area (Å²) in [5.41, 5.74) is 0. The topological polar surface area (TPSA) is 84.9 Å². The smallest absolute Gasteiger partial charge is 0.332 e. The number of carboxylic acids is 1. The van der Waals surface area contributed by atoms with Crippen molar-refractivity contribution >= 4 is 11.9 Å². The lowest BCUT2D eigenvalue weighted by atomic mass is 10.3. The average molecular weight is 233 g/mol. The SMILES string of the molecule is COCCCNC(=O)C(C)O[C@H](C)C(=O)O. The van der Waals surface area contributed by atoms with Crippen LogP contribution in [0, 0.1) is 0 Å². The van der Waals surface area contributed by atoms with Crippen LogP contribution in [0.25, 0.3) is 0 Å². The molecule has 0 spiro atoms. The van der Waals surface area contributed by atoms with E-state index in [2.05, 4.69) is 5.32 Å². The Morgan fingerprint density at radius 2 is 1.94 bits per heavy atom. The molecule has 0 aliphatic carbocycles. The van der Waals surface area contributed by atoms with Crippen LogP contribution in [0.1, 0.15) is 20.3 Å². The van der Waals surface area contributed by atoms with Gasteiger partial charge in [-0.05, 0) is 20.3 Å². The summed E-state index contributed by atoms with van der Waals surface area (Å²) in [6.45, 7) is 3.96. The number of carbonyl (C=O) groups is 2. The van der Waals surface area contributed by atoms with Crippen LogP contribution in [0.15, 0.2) is 0 Å². The Hall–Kier alpha value is -1.14. The first-order valence-electron chi connectivity index (χ1n) is 5.14. The number of aliphatic carboxylic acids is 1. The normalized spacial score (nSPS) is 14.2. The third-order valence-electron chi connectivity index (χ3n) is 1.95. The number of carbonyl (C=O) groups excluding carboxylic acids is 1. The number of rotatable bonds is 8. The maximum atomic E-state index is 11.4. The van der Waals surface area contributed by atoms with Gasteiger partial charge < -0.3 is 19.9 Å². The molecule has 0 aliphatic heterocycles. The molecule has 0 aromatic carbocycles.